The molecule has 0 aromatic carbocycles. The van der Waals surface area contributed by atoms with Crippen LogP contribution in [0.25, 0.3) is 22.3 Å². The van der Waals surface area contributed by atoms with Gasteiger partial charge >= 0.3 is 40.9 Å². The Labute approximate surface area is 275 Å². The van der Waals surface area contributed by atoms with Gasteiger partial charge in [-0.1, -0.05) is 24.3 Å². The first-order valence-corrected chi connectivity index (χ1v) is 14.4. The molecular weight excluding hydrogens is 635 g/mol. The number of carbonyl (C=O) groups is 4. The first-order valence-electron chi connectivity index (χ1n) is 14.4. The van der Waals surface area contributed by atoms with Crippen LogP contribution < -0.4 is 20.7 Å². The van der Waals surface area contributed by atoms with Crippen molar-refractivity contribution >= 4 is 58.1 Å². The van der Waals surface area contributed by atoms with E-state index in [1.807, 2.05) is 0 Å². The van der Waals surface area contributed by atoms with E-state index in [1.54, 1.807) is 89.4 Å². The Kier molecular flexibility index (Phi) is 12.6. The second-order valence-electron chi connectivity index (χ2n) is 9.30. The number of nitrogens with zero attached hydrogens (tertiary/aromatic N) is 4. The minimum atomic E-state index is -0.706. The zero-order valence-corrected chi connectivity index (χ0v) is 27.1. The van der Waals surface area contributed by atoms with Crippen LogP contribution in [0.1, 0.15) is 46.0 Å². The largest absolute Gasteiger partial charge is 3.00 e. The van der Waals surface area contributed by atoms with E-state index >= 15 is 0 Å². The van der Waals surface area contributed by atoms with Crippen molar-refractivity contribution in [2.45, 2.75) is 34.6 Å². The Morgan fingerprint density at radius 3 is 1.70 bits per heavy atom. The average molecular weight is 668 g/mol. The summed E-state index contributed by atoms with van der Waals surface area (Å²) in [6.07, 6.45) is 7.98. The summed E-state index contributed by atoms with van der Waals surface area (Å²) in [6.45, 7) is 8.83. The third-order valence-electron chi connectivity index (χ3n) is 6.42. The maximum Gasteiger partial charge on any atom is 3.00 e. The van der Waals surface area contributed by atoms with Crippen molar-refractivity contribution in [2.75, 3.05) is 26.4 Å². The normalized spacial score (nSPS) is 16.7. The fraction of sp³-hybridized carbons (Fsp3) is 0.273. The second-order valence-corrected chi connectivity index (χ2v) is 9.30. The molecule has 2 aliphatic heterocycles. The summed E-state index contributed by atoms with van der Waals surface area (Å²) in [5.74, 6) is -2.54. The molecule has 0 atom stereocenters. The summed E-state index contributed by atoms with van der Waals surface area (Å²) in [6, 6.07) is 6.31. The van der Waals surface area contributed by atoms with Gasteiger partial charge in [-0.05, 0) is 58.9 Å². The van der Waals surface area contributed by atoms with E-state index in [0.717, 1.165) is 0 Å². The fourth-order valence-electron chi connectivity index (χ4n) is 4.41. The third kappa shape index (κ3) is 7.79. The molecule has 4 rings (SSSR count). The first-order chi connectivity index (χ1) is 21.7. The van der Waals surface area contributed by atoms with Gasteiger partial charge in [0.25, 0.3) is 0 Å². The van der Waals surface area contributed by atoms with Gasteiger partial charge in [0.05, 0.1) is 60.3 Å². The van der Waals surface area contributed by atoms with Crippen LogP contribution in [0.5, 0.6) is 0 Å². The first kappa shape index (κ1) is 35.5. The van der Waals surface area contributed by atoms with Crippen molar-refractivity contribution in [1.29, 1.82) is 0 Å². The molecule has 238 valence electrons. The van der Waals surface area contributed by atoms with E-state index in [-0.39, 0.29) is 93.9 Å². The monoisotopic (exact) mass is 667 g/mol. The van der Waals surface area contributed by atoms with Crippen LogP contribution in [0.4, 0.5) is 0 Å². The van der Waals surface area contributed by atoms with Gasteiger partial charge < -0.3 is 28.9 Å². The predicted molar refractivity (Wildman–Crippen MR) is 166 cm³/mol. The summed E-state index contributed by atoms with van der Waals surface area (Å²) < 4.78 is 20.9. The van der Waals surface area contributed by atoms with Gasteiger partial charge in [0, 0.05) is 11.8 Å². The standard InChI is InChI=1S/C33H33N4O8.Mn/c1-6-42-30(38)19(5)20-12-13-23(35-20)28(32(40)44-8-3)24-16-17-26(37-24)29(33(41)45-9-4)25-15-14-22(36-25)27(31(39)43-7-2)21-11-10-18-34-21;/h10-18H,6-9H2,1-5H3,(H-,34,35,36,37,38,39,40,41);/q-1;+3/p-1. The van der Waals surface area contributed by atoms with Crippen LogP contribution in [-0.2, 0) is 55.2 Å². The van der Waals surface area contributed by atoms with E-state index in [0.29, 0.717) is 11.0 Å². The van der Waals surface area contributed by atoms with Crippen molar-refractivity contribution in [3.63, 3.8) is 0 Å². The average Bonchev–Trinajstić information content (AvgIpc) is 3.84. The van der Waals surface area contributed by atoms with Crippen molar-refractivity contribution in [3.05, 3.63) is 82.0 Å². The van der Waals surface area contributed by atoms with Gasteiger partial charge in [-0.25, -0.2) is 24.2 Å². The van der Waals surface area contributed by atoms with Crippen LogP contribution in [0, 0.1) is 0 Å². The molecule has 0 aliphatic carbocycles. The molecule has 0 fully saturated rings. The molecule has 13 heteroatoms. The Morgan fingerprint density at radius 2 is 1.15 bits per heavy atom. The molecule has 12 nitrogen and oxygen atoms in total. The number of ether oxygens (including phenoxy) is 4. The molecule has 2 aromatic rings. The van der Waals surface area contributed by atoms with Gasteiger partial charge in [0.2, 0.25) is 0 Å². The number of allylic oxidation sites excluding steroid dienone is 4. The summed E-state index contributed by atoms with van der Waals surface area (Å²) >= 11 is 0. The molecule has 2 aromatic heterocycles. The van der Waals surface area contributed by atoms with E-state index < -0.39 is 23.9 Å². The zero-order valence-electron chi connectivity index (χ0n) is 26.0. The SMILES string of the molecule is CCOC(=O)/C(=C1\C=CC=N1)c1ccc(/C(C(=O)OCC)=C2/C=CC(C(/C(=O)OCC)=c3/cc/c(=C(/C)C(=O)OCC)[n-]3)=N2)[n-]1.[Mn+3]. The molecular formula is C33H32MnN4O8+. The minimum absolute atomic E-state index is 0. The molecule has 0 saturated carbocycles. The number of rotatable bonds is 11. The van der Waals surface area contributed by atoms with Crippen LogP contribution in [-0.4, -0.2) is 62.2 Å². The maximum absolute atomic E-state index is 13.3. The van der Waals surface area contributed by atoms with Gasteiger partial charge in [-0.15, -0.1) is 22.1 Å². The topological polar surface area (TPSA) is 158 Å². The Hall–Kier alpha value is -5.00. The number of aliphatic imine (C=N–C) groups is 2. The van der Waals surface area contributed by atoms with E-state index in [2.05, 4.69) is 20.0 Å². The smallest absolute Gasteiger partial charge is 0.657 e. The maximum atomic E-state index is 13.3. The quantitative estimate of drug-likeness (QED) is 0.150. The van der Waals surface area contributed by atoms with Crippen LogP contribution in [0.3, 0.4) is 0 Å². The van der Waals surface area contributed by atoms with Crippen LogP contribution in [0.2, 0.25) is 0 Å². The summed E-state index contributed by atoms with van der Waals surface area (Å²) in [5.41, 5.74) is 1.60. The second kappa shape index (κ2) is 16.4. The third-order valence-corrected chi connectivity index (χ3v) is 6.42. The van der Waals surface area contributed by atoms with Crippen molar-refractivity contribution in [2.24, 2.45) is 9.98 Å². The molecule has 4 heterocycles. The Balaban J connectivity index is 0.00000576. The number of esters is 4. The minimum Gasteiger partial charge on any atom is -0.657 e. The molecule has 0 saturated heterocycles. The molecule has 0 spiro atoms. The van der Waals surface area contributed by atoms with Gasteiger partial charge in [0.15, 0.2) is 0 Å². The molecule has 0 unspecified atom stereocenters. The van der Waals surface area contributed by atoms with E-state index in [4.69, 9.17) is 18.9 Å². The van der Waals surface area contributed by atoms with Gasteiger partial charge in [-0.3, -0.25) is 4.99 Å². The summed E-state index contributed by atoms with van der Waals surface area (Å²) in [7, 11) is 0. The number of carbonyl (C=O) groups excluding carboxylic acids is 4. The molecule has 46 heavy (non-hydrogen) atoms. The van der Waals surface area contributed by atoms with Crippen LogP contribution >= 0.6 is 0 Å². The predicted octanol–water partition coefficient (Wildman–Crippen LogP) is 1.95. The van der Waals surface area contributed by atoms with E-state index in [9.17, 15) is 19.2 Å². The Bertz CT molecular complexity index is 1820. The number of hydrogen-bond donors (Lipinski definition) is 0. The fourth-order valence-corrected chi connectivity index (χ4v) is 4.41. The van der Waals surface area contributed by atoms with Crippen LogP contribution in [0.15, 0.2) is 69.9 Å². The summed E-state index contributed by atoms with van der Waals surface area (Å²) in [5, 5.41) is 0.552. The molecule has 0 bridgehead atoms. The number of hydrogen-bond acceptors (Lipinski definition) is 10. The molecule has 0 radical (unpaired) electrons. The molecule has 0 N–H and O–H groups in total. The van der Waals surface area contributed by atoms with Crippen molar-refractivity contribution in [1.82, 2.24) is 9.97 Å². The van der Waals surface area contributed by atoms with Gasteiger partial charge in [-0.2, -0.15) is 0 Å². The van der Waals surface area contributed by atoms with Gasteiger partial charge in [0.1, 0.15) is 0 Å². The zero-order chi connectivity index (χ0) is 32.5. The van der Waals surface area contributed by atoms with E-state index in [1.165, 1.54) is 0 Å². The number of aromatic nitrogens is 2. The van der Waals surface area contributed by atoms with Crippen molar-refractivity contribution < 1.29 is 55.2 Å². The summed E-state index contributed by atoms with van der Waals surface area (Å²) in [4.78, 5) is 69.4. The molecule has 0 amide bonds. The van der Waals surface area contributed by atoms with Crippen molar-refractivity contribution in [3.8, 4) is 0 Å². The Morgan fingerprint density at radius 1 is 0.630 bits per heavy atom. The molecule has 2 aliphatic rings.